The first-order valence-electron chi connectivity index (χ1n) is 23.5. The molecule has 2 atom stereocenters. The average molecular weight is 1010 g/mol. The summed E-state index contributed by atoms with van der Waals surface area (Å²) in [6.07, 6.45) is 3.02. The zero-order valence-electron chi connectivity index (χ0n) is 40.0. The fourth-order valence-corrected chi connectivity index (χ4v) is 8.58. The second kappa shape index (κ2) is 26.7. The molecule has 71 heavy (non-hydrogen) atoms. The Bertz CT molecular complexity index is 2550. The molecule has 29 heteroatoms. The Morgan fingerprint density at radius 2 is 0.958 bits per heavy atom. The SMILES string of the molecule is CCCCOC(=O)CCn1c(=O)n(CCC(=O)OCCn2c(=O)n(CCO)c(=O)n(CCOCN3C(=O)N(COC)C4C3N(CCO)C(=O)N4CCO)c2=O)c(=O)n(CC(=O)OCC2CCCCC2)c1=O. The van der Waals surface area contributed by atoms with Gasteiger partial charge in [0.15, 0.2) is 12.3 Å². The number of β-amino-alcohol motifs (C(OH)–C–C–N with tert-alkyl or cyclic N) is 2. The van der Waals surface area contributed by atoms with Crippen molar-refractivity contribution in [3.63, 3.8) is 0 Å². The quantitative estimate of drug-likeness (QED) is 0.0395. The van der Waals surface area contributed by atoms with Crippen molar-refractivity contribution >= 4 is 30.0 Å². The highest BCUT2D eigenvalue weighted by molar-refractivity contribution is 5.85. The number of aliphatic hydroxyl groups is 3. The van der Waals surface area contributed by atoms with Gasteiger partial charge in [0.05, 0.1) is 72.1 Å². The number of methoxy groups -OCH3 is 1. The highest BCUT2D eigenvalue weighted by Gasteiger charge is 2.58. The predicted molar refractivity (Wildman–Crippen MR) is 241 cm³/mol. The van der Waals surface area contributed by atoms with Crippen molar-refractivity contribution in [2.45, 2.75) is 116 Å². The molecule has 3 N–H and O–H groups in total. The number of carbonyl (C=O) groups excluding carboxylic acids is 5. The third-order valence-electron chi connectivity index (χ3n) is 12.2. The molecule has 2 aromatic rings. The number of amides is 4. The van der Waals surface area contributed by atoms with Gasteiger partial charge in [-0.15, -0.1) is 0 Å². The zero-order valence-corrected chi connectivity index (χ0v) is 40.0. The number of aromatic nitrogens is 6. The molecule has 2 aromatic heterocycles. The van der Waals surface area contributed by atoms with Gasteiger partial charge in [0, 0.05) is 33.3 Å². The molecule has 3 aliphatic rings. The molecule has 1 saturated carbocycles. The van der Waals surface area contributed by atoms with Crippen LogP contribution in [0.3, 0.4) is 0 Å². The minimum Gasteiger partial charge on any atom is -0.466 e. The molecule has 4 amide bonds. The summed E-state index contributed by atoms with van der Waals surface area (Å²) in [7, 11) is 1.33. The van der Waals surface area contributed by atoms with Gasteiger partial charge in [0.25, 0.3) is 0 Å². The molecule has 396 valence electrons. The molecular weight excluding hydrogens is 949 g/mol. The van der Waals surface area contributed by atoms with Crippen molar-refractivity contribution in [2.24, 2.45) is 5.92 Å². The van der Waals surface area contributed by atoms with E-state index in [1.165, 1.54) is 26.7 Å². The second-order valence-corrected chi connectivity index (χ2v) is 16.9. The maximum Gasteiger partial charge on any atom is 0.336 e. The van der Waals surface area contributed by atoms with Gasteiger partial charge < -0.3 is 39.0 Å². The Hall–Kier alpha value is -6.43. The lowest BCUT2D eigenvalue weighted by atomic mass is 9.90. The van der Waals surface area contributed by atoms with E-state index in [9.17, 15) is 68.1 Å². The largest absolute Gasteiger partial charge is 0.466 e. The van der Waals surface area contributed by atoms with Crippen LogP contribution in [-0.2, 0) is 77.3 Å². The lowest BCUT2D eigenvalue weighted by molar-refractivity contribution is -0.147. The fourth-order valence-electron chi connectivity index (χ4n) is 8.58. The molecule has 5 rings (SSSR count). The molecule has 3 fully saturated rings. The third kappa shape index (κ3) is 13.3. The van der Waals surface area contributed by atoms with E-state index in [1.54, 1.807) is 0 Å². The number of rotatable bonds is 29. The number of fused-ring (bicyclic) bond motifs is 1. The summed E-state index contributed by atoms with van der Waals surface area (Å²) in [5.74, 6) is -2.55. The average Bonchev–Trinajstić information content (AvgIpc) is 3.76. The number of aliphatic hydroxyl groups excluding tert-OH is 3. The van der Waals surface area contributed by atoms with Crippen molar-refractivity contribution in [1.82, 2.24) is 47.0 Å². The molecule has 1 aliphatic carbocycles. The number of hydrogen-bond acceptors (Lipinski definition) is 19. The van der Waals surface area contributed by atoms with Crippen LogP contribution in [-0.4, -0.2) is 185 Å². The van der Waals surface area contributed by atoms with Crippen molar-refractivity contribution in [3.8, 4) is 0 Å². The molecule has 0 radical (unpaired) electrons. The molecule has 2 saturated heterocycles. The highest BCUT2D eigenvalue weighted by Crippen LogP contribution is 2.34. The van der Waals surface area contributed by atoms with Gasteiger partial charge in [0.2, 0.25) is 0 Å². The van der Waals surface area contributed by atoms with Crippen molar-refractivity contribution in [1.29, 1.82) is 0 Å². The zero-order chi connectivity index (χ0) is 51.8. The third-order valence-corrected chi connectivity index (χ3v) is 12.2. The summed E-state index contributed by atoms with van der Waals surface area (Å²) in [5, 5.41) is 28.9. The first-order valence-corrected chi connectivity index (χ1v) is 23.5. The van der Waals surface area contributed by atoms with Crippen molar-refractivity contribution in [2.75, 3.05) is 79.9 Å². The summed E-state index contributed by atoms with van der Waals surface area (Å²) in [4.78, 5) is 151. The second-order valence-electron chi connectivity index (χ2n) is 16.9. The summed E-state index contributed by atoms with van der Waals surface area (Å²) < 4.78 is 29.9. The van der Waals surface area contributed by atoms with E-state index in [2.05, 4.69) is 0 Å². The van der Waals surface area contributed by atoms with E-state index in [0.717, 1.165) is 38.5 Å². The minimum absolute atomic E-state index is 0.0789. The van der Waals surface area contributed by atoms with Gasteiger partial charge in [-0.1, -0.05) is 32.6 Å². The Morgan fingerprint density at radius 3 is 1.46 bits per heavy atom. The van der Waals surface area contributed by atoms with E-state index < -0.39 is 168 Å². The van der Waals surface area contributed by atoms with Gasteiger partial charge in [-0.2, -0.15) is 0 Å². The summed E-state index contributed by atoms with van der Waals surface area (Å²) >= 11 is 0. The molecule has 4 heterocycles. The number of nitrogens with zero attached hydrogens (tertiary/aromatic N) is 10. The van der Waals surface area contributed by atoms with E-state index >= 15 is 0 Å². The van der Waals surface area contributed by atoms with E-state index in [-0.39, 0.29) is 39.0 Å². The van der Waals surface area contributed by atoms with Crippen LogP contribution in [0.5, 0.6) is 0 Å². The molecule has 0 aromatic carbocycles. The number of unbranched alkanes of at least 4 members (excludes halogenated alkanes) is 1. The number of ether oxygens (including phenoxy) is 5. The lowest BCUT2D eigenvalue weighted by Crippen LogP contribution is -2.55. The van der Waals surface area contributed by atoms with Gasteiger partial charge in [-0.05, 0) is 25.2 Å². The lowest BCUT2D eigenvalue weighted by Gasteiger charge is -2.29. The monoisotopic (exact) mass is 1010 g/mol. The first-order chi connectivity index (χ1) is 34.1. The summed E-state index contributed by atoms with van der Waals surface area (Å²) in [6.45, 7) is -5.29. The van der Waals surface area contributed by atoms with Crippen LogP contribution in [0.2, 0.25) is 0 Å². The van der Waals surface area contributed by atoms with Gasteiger partial charge in [0.1, 0.15) is 26.6 Å². The van der Waals surface area contributed by atoms with Crippen LogP contribution in [0.25, 0.3) is 0 Å². The van der Waals surface area contributed by atoms with Crippen molar-refractivity contribution in [3.05, 3.63) is 62.9 Å². The maximum atomic E-state index is 13.6. The predicted octanol–water partition coefficient (Wildman–Crippen LogP) is -4.17. The molecular formula is C42H64N10O19. The van der Waals surface area contributed by atoms with E-state index in [0.29, 0.717) is 33.8 Å². The molecule has 2 aliphatic heterocycles. The van der Waals surface area contributed by atoms with Gasteiger partial charge in [-0.25, -0.2) is 65.8 Å². The van der Waals surface area contributed by atoms with Gasteiger partial charge in [-0.3, -0.25) is 34.0 Å². The minimum atomic E-state index is -1.24. The standard InChI is InChI=1S/C42H64N10O19/c1-3-4-22-69-30(56)10-12-45-36(60)46(41(65)50(40(45)64)25-32(58)71-26-29-8-6-5-7-9-29)13-11-31(57)70-24-18-49-38(62)47(16-21-55)37(61)48(39(49)63)17-23-68-28-52-34-33(51(27-67-2)42(52)66)43(14-19-53)35(59)44(34)15-20-54/h29,33-34,53-55H,3-28H2,1-2H3. The summed E-state index contributed by atoms with van der Waals surface area (Å²) in [6, 6.07) is -1.19. The normalized spacial score (nSPS) is 17.1. The van der Waals surface area contributed by atoms with Crippen LogP contribution < -0.4 is 34.1 Å². The topological polar surface area (TPSA) is 337 Å². The maximum absolute atomic E-state index is 13.6. The molecule has 0 bridgehead atoms. The van der Waals surface area contributed by atoms with Gasteiger partial charge >= 0.3 is 64.1 Å². The molecule has 0 spiro atoms. The Labute approximate surface area is 404 Å². The number of carbonyl (C=O) groups is 5. The van der Waals surface area contributed by atoms with Crippen LogP contribution in [0, 0.1) is 5.92 Å². The van der Waals surface area contributed by atoms with Crippen LogP contribution in [0.1, 0.15) is 64.7 Å². The Balaban J connectivity index is 1.26. The van der Waals surface area contributed by atoms with E-state index in [4.69, 9.17) is 23.7 Å². The highest BCUT2D eigenvalue weighted by atomic mass is 16.5. The number of hydrogen-bond donors (Lipinski definition) is 3. The van der Waals surface area contributed by atoms with Crippen LogP contribution >= 0.6 is 0 Å². The van der Waals surface area contributed by atoms with Crippen LogP contribution in [0.15, 0.2) is 28.8 Å². The first kappa shape index (κ1) is 55.5. The molecule has 29 nitrogen and oxygen atoms in total. The fraction of sp³-hybridized carbons (Fsp3) is 0.738. The van der Waals surface area contributed by atoms with Crippen LogP contribution in [0.4, 0.5) is 9.59 Å². The smallest absolute Gasteiger partial charge is 0.336 e. The number of esters is 3. The molecule has 2 unspecified atom stereocenters. The summed E-state index contributed by atoms with van der Waals surface area (Å²) in [5.41, 5.74) is -7.04. The number of urea groups is 2. The van der Waals surface area contributed by atoms with E-state index in [1.807, 2.05) is 6.92 Å². The Kier molecular flexibility index (Phi) is 20.9. The van der Waals surface area contributed by atoms with Crippen molar-refractivity contribution < 1.29 is 63.0 Å². The Morgan fingerprint density at radius 1 is 0.507 bits per heavy atom.